The van der Waals surface area contributed by atoms with Gasteiger partial charge in [0.25, 0.3) is 0 Å². The molecule has 1 aromatic rings. The number of carboxylic acid groups (broad SMARTS) is 2. The van der Waals surface area contributed by atoms with E-state index in [0.29, 0.717) is 0 Å². The molecule has 4 nitrogen and oxygen atoms in total. The first-order valence-corrected chi connectivity index (χ1v) is 15.0. The van der Waals surface area contributed by atoms with Crippen LogP contribution in [0.3, 0.4) is 0 Å². The summed E-state index contributed by atoms with van der Waals surface area (Å²) in [6, 6.07) is 2.30. The first-order valence-electron chi connectivity index (χ1n) is 10.5. The van der Waals surface area contributed by atoms with Gasteiger partial charge in [-0.3, -0.25) is 0 Å². The largest absolute Gasteiger partial charge is 0.478 e. The second kappa shape index (κ2) is 7.98. The number of alkyl halides is 8. The molecule has 0 saturated heterocycles. The summed E-state index contributed by atoms with van der Waals surface area (Å²) in [5.74, 6) is -7.29. The summed E-state index contributed by atoms with van der Waals surface area (Å²) in [5, 5.41) is 19.1. The average molecular weight is 762 g/mol. The maximum Gasteiger partial charge on any atom is 0.336 e. The molecule has 2 fully saturated rings. The maximum atomic E-state index is 12.2. The van der Waals surface area contributed by atoms with Crippen molar-refractivity contribution in [3.63, 3.8) is 0 Å². The minimum atomic E-state index is -2.09. The molecule has 0 spiro atoms. The monoisotopic (exact) mass is 756 g/mol. The van der Waals surface area contributed by atoms with Crippen LogP contribution in [0.2, 0.25) is 0 Å². The van der Waals surface area contributed by atoms with Crippen LogP contribution in [-0.2, 0) is 0 Å². The fourth-order valence-electron chi connectivity index (χ4n) is 7.30. The molecule has 5 aliphatic carbocycles. The zero-order valence-corrected chi connectivity index (χ0v) is 26.8. The Morgan fingerprint density at radius 3 is 1.08 bits per heavy atom. The SMILES string of the molecule is O=C(O)c1cc2c(cc1C(=O)O)C1C(C3C2C2(Cl)C(Cl)=C(Cl)C3(Cl)C2(Cl)Cl)C2(Cl)C(Cl)=C(Cl)C1(Cl)C2(Cl)Cl. The molecule has 5 aliphatic rings. The van der Waals surface area contributed by atoms with E-state index >= 15 is 0 Å². The molecule has 4 bridgehead atoms. The Balaban J connectivity index is 1.82. The number of carbonyl (C=O) groups is 2. The summed E-state index contributed by atoms with van der Waals surface area (Å²) in [7, 11) is 0. The van der Waals surface area contributed by atoms with Crippen molar-refractivity contribution in [1.29, 1.82) is 0 Å². The summed E-state index contributed by atoms with van der Waals surface area (Å²) >= 11 is 83.0. The summed E-state index contributed by atoms with van der Waals surface area (Å²) in [5.41, 5.74) is -0.698. The van der Waals surface area contributed by atoms with E-state index in [9.17, 15) is 19.8 Å². The van der Waals surface area contributed by atoms with E-state index in [-0.39, 0.29) is 31.3 Å². The number of aromatic carboxylic acids is 2. The van der Waals surface area contributed by atoms with Gasteiger partial charge in [-0.25, -0.2) is 9.59 Å². The molecule has 1 aromatic carbocycles. The van der Waals surface area contributed by atoms with Gasteiger partial charge in [0.1, 0.15) is 19.5 Å². The lowest BCUT2D eigenvalue weighted by Crippen LogP contribution is -2.53. The van der Waals surface area contributed by atoms with Crippen LogP contribution in [0.25, 0.3) is 0 Å². The smallest absolute Gasteiger partial charge is 0.336 e. The zero-order chi connectivity index (χ0) is 28.5. The van der Waals surface area contributed by atoms with Gasteiger partial charge in [-0.15, -0.1) is 46.4 Å². The molecule has 0 amide bonds. The molecule has 0 aromatic heterocycles. The number of hydrogen-bond donors (Lipinski definition) is 2. The van der Waals surface area contributed by atoms with Crippen LogP contribution in [0.1, 0.15) is 43.7 Å². The standard InChI is InChI=1S/C22H8Cl12O4/c23-11-13(25)19(29)9-7(17(11,27)21(19,31)32)3-1-5(15(35)36)6(16(37)38)2-4(3)8-10(9)20(30)14(26)12(24)18(8,28)22(20,33)34/h1-2,7-10H,(H,35,36)(H,37,38). The third-order valence-electron chi connectivity index (χ3n) is 8.73. The van der Waals surface area contributed by atoms with Gasteiger partial charge in [0.15, 0.2) is 8.67 Å². The van der Waals surface area contributed by atoms with Crippen molar-refractivity contribution >= 4 is 151 Å². The number of fused-ring (bicyclic) bond motifs is 14. The van der Waals surface area contributed by atoms with E-state index in [2.05, 4.69) is 0 Å². The fourth-order valence-corrected chi connectivity index (χ4v) is 13.4. The third-order valence-corrected chi connectivity index (χ3v) is 17.3. The van der Waals surface area contributed by atoms with E-state index in [1.165, 1.54) is 0 Å². The van der Waals surface area contributed by atoms with Gasteiger partial charge in [-0.1, -0.05) is 92.8 Å². The highest BCUT2D eigenvalue weighted by Crippen LogP contribution is 2.88. The van der Waals surface area contributed by atoms with Crippen LogP contribution in [0.4, 0.5) is 0 Å². The maximum absolute atomic E-state index is 12.2. The predicted octanol–water partition coefficient (Wildman–Crippen LogP) is 9.19. The molecule has 8 unspecified atom stereocenters. The van der Waals surface area contributed by atoms with Crippen molar-refractivity contribution in [1.82, 2.24) is 0 Å². The molecule has 204 valence electrons. The number of carboxylic acids is 2. The Bertz CT molecular complexity index is 1380. The van der Waals surface area contributed by atoms with Gasteiger partial charge < -0.3 is 10.2 Å². The second-order valence-corrected chi connectivity index (χ2v) is 16.4. The lowest BCUT2D eigenvalue weighted by atomic mass is 9.57. The van der Waals surface area contributed by atoms with E-state index in [4.69, 9.17) is 139 Å². The Hall–Kier alpha value is 1.12. The minimum absolute atomic E-state index is 0.155. The quantitative estimate of drug-likeness (QED) is 0.295. The van der Waals surface area contributed by atoms with E-state index in [1.54, 1.807) is 0 Å². The first-order chi connectivity index (χ1) is 17.2. The molecule has 2 N–H and O–H groups in total. The number of benzene rings is 1. The van der Waals surface area contributed by atoms with Crippen molar-refractivity contribution in [3.05, 3.63) is 54.5 Å². The lowest BCUT2D eigenvalue weighted by Gasteiger charge is -2.52. The van der Waals surface area contributed by atoms with Crippen LogP contribution in [-0.4, -0.2) is 50.3 Å². The molecule has 8 atom stereocenters. The Kier molecular flexibility index (Phi) is 6.13. The third kappa shape index (κ3) is 2.58. The molecular weight excluding hydrogens is 754 g/mol. The summed E-state index contributed by atoms with van der Waals surface area (Å²) in [6.45, 7) is 0. The van der Waals surface area contributed by atoms with Gasteiger partial charge in [-0.05, 0) is 23.3 Å². The van der Waals surface area contributed by atoms with E-state index in [1.807, 2.05) is 0 Å². The Labute approximate surface area is 274 Å². The topological polar surface area (TPSA) is 74.6 Å². The first kappa shape index (κ1) is 29.2. The second-order valence-electron chi connectivity index (χ2n) is 9.90. The highest BCUT2D eigenvalue weighted by Gasteiger charge is 2.91. The number of rotatable bonds is 2. The molecule has 0 radical (unpaired) electrons. The van der Waals surface area contributed by atoms with Crippen molar-refractivity contribution < 1.29 is 19.8 Å². The van der Waals surface area contributed by atoms with Crippen LogP contribution in [0, 0.1) is 11.8 Å². The van der Waals surface area contributed by atoms with Crippen molar-refractivity contribution in [2.75, 3.05) is 0 Å². The molecule has 38 heavy (non-hydrogen) atoms. The lowest BCUT2D eigenvalue weighted by molar-refractivity contribution is 0.0650. The molecule has 2 saturated carbocycles. The number of halogens is 12. The zero-order valence-electron chi connectivity index (χ0n) is 17.7. The van der Waals surface area contributed by atoms with E-state index < -0.39 is 74.9 Å². The Morgan fingerprint density at radius 1 is 0.553 bits per heavy atom. The van der Waals surface area contributed by atoms with Crippen LogP contribution >= 0.6 is 139 Å². The van der Waals surface area contributed by atoms with Gasteiger partial charge in [0, 0.05) is 23.7 Å². The van der Waals surface area contributed by atoms with Crippen molar-refractivity contribution in [3.8, 4) is 0 Å². The van der Waals surface area contributed by atoms with E-state index in [0.717, 1.165) is 12.1 Å². The van der Waals surface area contributed by atoms with Crippen LogP contribution in [0.5, 0.6) is 0 Å². The number of allylic oxidation sites excluding steroid dienone is 4. The van der Waals surface area contributed by atoms with Gasteiger partial charge in [-0.2, -0.15) is 0 Å². The molecule has 0 heterocycles. The highest BCUT2D eigenvalue weighted by atomic mass is 35.5. The molecular formula is C22H8Cl12O4. The van der Waals surface area contributed by atoms with Crippen molar-refractivity contribution in [2.45, 2.75) is 40.0 Å². The average Bonchev–Trinajstić information content (AvgIpc) is 3.17. The van der Waals surface area contributed by atoms with Gasteiger partial charge in [0.2, 0.25) is 0 Å². The summed E-state index contributed by atoms with van der Waals surface area (Å²) < 4.78 is -4.19. The van der Waals surface area contributed by atoms with Crippen LogP contribution < -0.4 is 0 Å². The van der Waals surface area contributed by atoms with Gasteiger partial charge in [0.05, 0.1) is 31.3 Å². The Morgan fingerprint density at radius 2 is 0.816 bits per heavy atom. The molecule has 16 heteroatoms. The fraction of sp³-hybridized carbons (Fsp3) is 0.455. The van der Waals surface area contributed by atoms with Crippen molar-refractivity contribution in [2.24, 2.45) is 11.8 Å². The van der Waals surface area contributed by atoms with Crippen LogP contribution in [0.15, 0.2) is 32.3 Å². The predicted molar refractivity (Wildman–Crippen MR) is 153 cm³/mol. The summed E-state index contributed by atoms with van der Waals surface area (Å²) in [6.07, 6.45) is 0. The highest BCUT2D eigenvalue weighted by molar-refractivity contribution is 6.67. The minimum Gasteiger partial charge on any atom is -0.478 e. The number of hydrogen-bond acceptors (Lipinski definition) is 2. The summed E-state index contributed by atoms with van der Waals surface area (Å²) in [4.78, 5) is 16.6. The molecule has 6 rings (SSSR count). The van der Waals surface area contributed by atoms with Gasteiger partial charge >= 0.3 is 11.9 Å². The normalized spacial score (nSPS) is 44.8. The molecule has 0 aliphatic heterocycles.